The van der Waals surface area contributed by atoms with E-state index in [4.69, 9.17) is 19.8 Å². The summed E-state index contributed by atoms with van der Waals surface area (Å²) in [6, 6.07) is 15.3. The number of carboxylic acid groups (broad SMARTS) is 2. The minimum absolute atomic E-state index is 0.207. The van der Waals surface area contributed by atoms with Gasteiger partial charge in [-0.1, -0.05) is 24.3 Å². The van der Waals surface area contributed by atoms with Gasteiger partial charge in [-0.05, 0) is 49.1 Å². The van der Waals surface area contributed by atoms with Crippen molar-refractivity contribution < 1.29 is 29.3 Å². The molecule has 0 amide bonds. The number of nitriles is 1. The molecule has 0 saturated heterocycles. The van der Waals surface area contributed by atoms with Crippen molar-refractivity contribution in [3.05, 3.63) is 87.3 Å². The monoisotopic (exact) mass is 547 g/mol. The summed E-state index contributed by atoms with van der Waals surface area (Å²) in [6.45, 7) is 4.42. The Bertz CT molecular complexity index is 1470. The topological polar surface area (TPSA) is 151 Å². The first-order valence-corrected chi connectivity index (χ1v) is 13.0. The Hall–Kier alpha value is -4.46. The second kappa shape index (κ2) is 15.2. The number of carboxylic acids is 2. The number of hydrogen-bond acceptors (Lipinski definition) is 7. The van der Waals surface area contributed by atoms with Gasteiger partial charge < -0.3 is 29.6 Å². The van der Waals surface area contributed by atoms with Crippen LogP contribution in [0.4, 0.5) is 5.69 Å². The molecule has 40 heavy (non-hydrogen) atoms. The highest BCUT2D eigenvalue weighted by molar-refractivity contribution is 5.92. The molecular weight excluding hydrogens is 514 g/mol. The standard InChI is InChI=1S/C20H24N2O5.C10H9NO2/c1-2-22-14-17(20(24)25)19(23)16-13-15(6-7-18(16)22)5-3-9-26-11-12-27-10-4-8-21;12-10(13)8-5-7-3-1-2-4-9(7)11-6-8/h6-7,13-14H,2-5,9-12H2,1H3,(H,24,25);1-4,6,11H,5H2,(H,12,13). The van der Waals surface area contributed by atoms with E-state index in [2.05, 4.69) is 5.32 Å². The van der Waals surface area contributed by atoms with Gasteiger partial charge in [0, 0.05) is 43.0 Å². The fourth-order valence-electron chi connectivity index (χ4n) is 4.21. The predicted octanol–water partition coefficient (Wildman–Crippen LogP) is 4.22. The number of aryl methyl sites for hydroxylation is 2. The molecule has 0 saturated carbocycles. The van der Waals surface area contributed by atoms with Crippen molar-refractivity contribution in [2.45, 2.75) is 39.2 Å². The Morgan fingerprint density at radius 3 is 2.50 bits per heavy atom. The first-order valence-electron chi connectivity index (χ1n) is 13.0. The van der Waals surface area contributed by atoms with E-state index in [0.29, 0.717) is 56.8 Å². The minimum Gasteiger partial charge on any atom is -0.478 e. The zero-order valence-corrected chi connectivity index (χ0v) is 22.4. The van der Waals surface area contributed by atoms with E-state index in [9.17, 15) is 19.5 Å². The van der Waals surface area contributed by atoms with Crippen LogP contribution in [0, 0.1) is 11.3 Å². The van der Waals surface area contributed by atoms with Crippen molar-refractivity contribution in [1.29, 1.82) is 5.26 Å². The number of para-hydroxylation sites is 1. The third kappa shape index (κ3) is 8.27. The van der Waals surface area contributed by atoms with E-state index in [0.717, 1.165) is 35.2 Å². The first kappa shape index (κ1) is 30.1. The molecule has 0 bridgehead atoms. The average molecular weight is 548 g/mol. The molecule has 3 aromatic rings. The van der Waals surface area contributed by atoms with Crippen molar-refractivity contribution in [2.75, 3.05) is 31.7 Å². The van der Waals surface area contributed by atoms with Crippen LogP contribution in [0.5, 0.6) is 0 Å². The largest absolute Gasteiger partial charge is 0.478 e. The van der Waals surface area contributed by atoms with Crippen LogP contribution in [0.2, 0.25) is 0 Å². The van der Waals surface area contributed by atoms with E-state index in [-0.39, 0.29) is 5.56 Å². The summed E-state index contributed by atoms with van der Waals surface area (Å²) >= 11 is 0. The maximum atomic E-state index is 12.5. The number of ether oxygens (including phenoxy) is 2. The third-order valence-corrected chi connectivity index (χ3v) is 6.27. The Morgan fingerprint density at radius 1 is 1.05 bits per heavy atom. The lowest BCUT2D eigenvalue weighted by Gasteiger charge is -2.15. The van der Waals surface area contributed by atoms with E-state index < -0.39 is 17.4 Å². The van der Waals surface area contributed by atoms with Gasteiger partial charge in [-0.15, -0.1) is 0 Å². The quantitative estimate of drug-likeness (QED) is 0.283. The van der Waals surface area contributed by atoms with Gasteiger partial charge in [0.2, 0.25) is 5.43 Å². The van der Waals surface area contributed by atoms with Gasteiger partial charge in [0.05, 0.1) is 43.4 Å². The average Bonchev–Trinajstić information content (AvgIpc) is 2.96. The van der Waals surface area contributed by atoms with Gasteiger partial charge in [0.1, 0.15) is 5.56 Å². The van der Waals surface area contributed by atoms with Crippen LogP contribution in [-0.4, -0.2) is 53.1 Å². The van der Waals surface area contributed by atoms with Gasteiger partial charge in [-0.3, -0.25) is 4.79 Å². The van der Waals surface area contributed by atoms with Gasteiger partial charge >= 0.3 is 11.9 Å². The van der Waals surface area contributed by atoms with Gasteiger partial charge in [0.15, 0.2) is 0 Å². The van der Waals surface area contributed by atoms with Crippen LogP contribution in [-0.2, 0) is 33.7 Å². The molecule has 0 aliphatic carbocycles. The molecule has 2 heterocycles. The van der Waals surface area contributed by atoms with Crippen molar-refractivity contribution >= 4 is 28.5 Å². The number of aromatic nitrogens is 1. The maximum Gasteiger partial charge on any atom is 0.341 e. The fourth-order valence-corrected chi connectivity index (χ4v) is 4.21. The number of fused-ring (bicyclic) bond motifs is 2. The molecule has 0 radical (unpaired) electrons. The molecule has 1 aromatic heterocycles. The molecule has 0 atom stereocenters. The van der Waals surface area contributed by atoms with Crippen molar-refractivity contribution in [3.8, 4) is 6.07 Å². The summed E-state index contributed by atoms with van der Waals surface area (Å²) in [5, 5.41) is 29.8. The summed E-state index contributed by atoms with van der Waals surface area (Å²) < 4.78 is 12.5. The normalized spacial score (nSPS) is 11.8. The molecule has 10 heteroatoms. The van der Waals surface area contributed by atoms with Crippen molar-refractivity contribution in [1.82, 2.24) is 4.57 Å². The van der Waals surface area contributed by atoms with E-state index >= 15 is 0 Å². The summed E-state index contributed by atoms with van der Waals surface area (Å²) in [4.78, 5) is 34.4. The van der Waals surface area contributed by atoms with Gasteiger partial charge in [-0.2, -0.15) is 5.26 Å². The predicted molar refractivity (Wildman–Crippen MR) is 151 cm³/mol. The first-order chi connectivity index (χ1) is 19.3. The number of pyridine rings is 1. The third-order valence-electron chi connectivity index (χ3n) is 6.27. The summed E-state index contributed by atoms with van der Waals surface area (Å²) in [5.41, 5.74) is 3.48. The lowest BCUT2D eigenvalue weighted by molar-refractivity contribution is -0.132. The molecule has 4 rings (SSSR count). The van der Waals surface area contributed by atoms with E-state index in [1.54, 1.807) is 16.8 Å². The molecule has 10 nitrogen and oxygen atoms in total. The number of aromatic carboxylic acids is 1. The number of anilines is 1. The van der Waals surface area contributed by atoms with Crippen LogP contribution >= 0.6 is 0 Å². The SMILES string of the molecule is CCn1cc(C(=O)O)c(=O)c2cc(CCCOCCOCCC#N)ccc21.O=C(O)C1=CNc2ccccc2C1. The maximum absolute atomic E-state index is 12.5. The lowest BCUT2D eigenvalue weighted by atomic mass is 10.0. The fraction of sp³-hybridized carbons (Fsp3) is 0.333. The van der Waals surface area contributed by atoms with Crippen molar-refractivity contribution in [3.63, 3.8) is 0 Å². The molecule has 2 aromatic carbocycles. The zero-order valence-electron chi connectivity index (χ0n) is 22.4. The van der Waals surface area contributed by atoms with Gasteiger partial charge in [0.25, 0.3) is 0 Å². The second-order valence-corrected chi connectivity index (χ2v) is 9.00. The Kier molecular flexibility index (Phi) is 11.4. The molecule has 0 spiro atoms. The van der Waals surface area contributed by atoms with Crippen molar-refractivity contribution in [2.24, 2.45) is 0 Å². The number of nitrogens with one attached hydrogen (secondary N) is 1. The summed E-state index contributed by atoms with van der Waals surface area (Å²) in [7, 11) is 0. The molecule has 3 N–H and O–H groups in total. The molecule has 0 fully saturated rings. The molecule has 0 unspecified atom stereocenters. The number of hydrogen-bond donors (Lipinski definition) is 3. The van der Waals surface area contributed by atoms with Crippen LogP contribution < -0.4 is 10.7 Å². The second-order valence-electron chi connectivity index (χ2n) is 9.00. The molecule has 1 aliphatic rings. The Morgan fingerprint density at radius 2 is 1.80 bits per heavy atom. The van der Waals surface area contributed by atoms with E-state index in [1.807, 2.05) is 49.4 Å². The smallest absolute Gasteiger partial charge is 0.341 e. The summed E-state index contributed by atoms with van der Waals surface area (Å²) in [6.07, 6.45) is 5.34. The minimum atomic E-state index is -1.21. The van der Waals surface area contributed by atoms with E-state index in [1.165, 1.54) is 6.20 Å². The van der Waals surface area contributed by atoms with Crippen LogP contribution in [0.15, 0.2) is 65.2 Å². The highest BCUT2D eigenvalue weighted by atomic mass is 16.5. The van der Waals surface area contributed by atoms with Crippen LogP contribution in [0.1, 0.15) is 41.3 Å². The summed E-state index contributed by atoms with van der Waals surface area (Å²) in [5.74, 6) is -2.07. The molecule has 210 valence electrons. The Balaban J connectivity index is 0.000000281. The highest BCUT2D eigenvalue weighted by Crippen LogP contribution is 2.23. The number of carbonyl (C=O) groups is 2. The Labute approximate surface area is 232 Å². The highest BCUT2D eigenvalue weighted by Gasteiger charge is 2.15. The van der Waals surface area contributed by atoms with Gasteiger partial charge in [-0.25, -0.2) is 9.59 Å². The number of benzene rings is 2. The van der Waals surface area contributed by atoms with Crippen LogP contribution in [0.3, 0.4) is 0 Å². The molecule has 1 aliphatic heterocycles. The number of aliphatic carboxylic acids is 1. The zero-order chi connectivity index (χ0) is 28.9. The molecular formula is C30H33N3O7. The lowest BCUT2D eigenvalue weighted by Crippen LogP contribution is -2.18. The van der Waals surface area contributed by atoms with Crippen LogP contribution in [0.25, 0.3) is 10.9 Å². The number of nitrogens with zero attached hydrogens (tertiary/aromatic N) is 2. The number of rotatable bonds is 12.